The summed E-state index contributed by atoms with van der Waals surface area (Å²) in [7, 11) is 1.73. The molecule has 3 nitrogen and oxygen atoms in total. The molecular weight excluding hydrogens is 185 g/mol. The molecular formula is C7H13F3N2O. The van der Waals surface area contributed by atoms with Gasteiger partial charge in [0.25, 0.3) is 0 Å². The molecule has 0 saturated carbocycles. The van der Waals surface area contributed by atoms with Crippen LogP contribution in [0.15, 0.2) is 0 Å². The highest BCUT2D eigenvalue weighted by atomic mass is 19.4. The number of hydrogen-bond acceptors (Lipinski definition) is 2. The normalized spacial score (nSPS) is 11.4. The lowest BCUT2D eigenvalue weighted by molar-refractivity contribution is -0.153. The lowest BCUT2D eigenvalue weighted by Gasteiger charge is -2.07. The molecule has 0 spiro atoms. The molecule has 78 valence electrons. The molecule has 13 heavy (non-hydrogen) atoms. The van der Waals surface area contributed by atoms with Gasteiger partial charge in [-0.1, -0.05) is 0 Å². The van der Waals surface area contributed by atoms with Crippen molar-refractivity contribution in [3.05, 3.63) is 0 Å². The van der Waals surface area contributed by atoms with E-state index in [1.807, 2.05) is 0 Å². The number of carbonyl (C=O) groups excluding carboxylic acids is 1. The molecule has 0 atom stereocenters. The monoisotopic (exact) mass is 198 g/mol. The van der Waals surface area contributed by atoms with Gasteiger partial charge in [0, 0.05) is 6.54 Å². The fraction of sp³-hybridized carbons (Fsp3) is 0.857. The van der Waals surface area contributed by atoms with Crippen LogP contribution in [0.5, 0.6) is 0 Å². The van der Waals surface area contributed by atoms with Crippen molar-refractivity contribution in [3.63, 3.8) is 0 Å². The second-order valence-electron chi connectivity index (χ2n) is 2.60. The molecule has 0 aliphatic heterocycles. The van der Waals surface area contributed by atoms with Crippen molar-refractivity contribution >= 4 is 5.91 Å². The molecule has 0 bridgehead atoms. The number of amides is 1. The van der Waals surface area contributed by atoms with Crippen LogP contribution in [-0.4, -0.2) is 32.2 Å². The highest BCUT2D eigenvalue weighted by molar-refractivity contribution is 5.76. The molecule has 0 saturated heterocycles. The van der Waals surface area contributed by atoms with E-state index in [9.17, 15) is 18.0 Å². The first-order valence-corrected chi connectivity index (χ1v) is 3.94. The lowest BCUT2D eigenvalue weighted by atomic mass is 10.3. The minimum absolute atomic E-state index is 0.274. The average molecular weight is 198 g/mol. The Morgan fingerprint density at radius 2 is 1.92 bits per heavy atom. The third kappa shape index (κ3) is 9.13. The van der Waals surface area contributed by atoms with Crippen LogP contribution in [0.4, 0.5) is 13.2 Å². The quantitative estimate of drug-likeness (QED) is 0.637. The van der Waals surface area contributed by atoms with Crippen LogP contribution in [0.2, 0.25) is 0 Å². The molecule has 0 fully saturated rings. The average Bonchev–Trinajstić information content (AvgIpc) is 1.94. The SMILES string of the molecule is CNCCCNC(=O)CC(F)(F)F. The molecule has 1 amide bonds. The summed E-state index contributed by atoms with van der Waals surface area (Å²) < 4.78 is 34.8. The van der Waals surface area contributed by atoms with Gasteiger partial charge in [0.2, 0.25) is 5.91 Å². The maximum Gasteiger partial charge on any atom is 0.397 e. The molecule has 0 aliphatic rings. The largest absolute Gasteiger partial charge is 0.397 e. The highest BCUT2D eigenvalue weighted by Gasteiger charge is 2.30. The Kier molecular flexibility index (Phi) is 5.45. The zero-order valence-corrected chi connectivity index (χ0v) is 7.37. The number of halogens is 3. The summed E-state index contributed by atoms with van der Waals surface area (Å²) in [5, 5.41) is 4.99. The Labute approximate surface area is 74.7 Å². The van der Waals surface area contributed by atoms with E-state index in [-0.39, 0.29) is 6.54 Å². The van der Waals surface area contributed by atoms with Gasteiger partial charge >= 0.3 is 6.18 Å². The van der Waals surface area contributed by atoms with E-state index in [0.717, 1.165) is 0 Å². The minimum atomic E-state index is -4.41. The fourth-order valence-corrected chi connectivity index (χ4v) is 0.738. The predicted molar refractivity (Wildman–Crippen MR) is 42.2 cm³/mol. The maximum absolute atomic E-state index is 11.6. The molecule has 0 rings (SSSR count). The van der Waals surface area contributed by atoms with Crippen molar-refractivity contribution < 1.29 is 18.0 Å². The standard InChI is InChI=1S/C7H13F3N2O/c1-11-3-2-4-12-6(13)5-7(8,9)10/h11H,2-5H2,1H3,(H,12,13). The van der Waals surface area contributed by atoms with Gasteiger partial charge in [0.05, 0.1) is 0 Å². The number of carbonyl (C=O) groups is 1. The van der Waals surface area contributed by atoms with Crippen molar-refractivity contribution in [2.75, 3.05) is 20.1 Å². The van der Waals surface area contributed by atoms with E-state index in [4.69, 9.17) is 0 Å². The summed E-state index contributed by atoms with van der Waals surface area (Å²) in [6, 6.07) is 0. The van der Waals surface area contributed by atoms with E-state index < -0.39 is 18.5 Å². The van der Waals surface area contributed by atoms with E-state index in [0.29, 0.717) is 13.0 Å². The van der Waals surface area contributed by atoms with Crippen molar-refractivity contribution in [1.29, 1.82) is 0 Å². The highest BCUT2D eigenvalue weighted by Crippen LogP contribution is 2.18. The Balaban J connectivity index is 3.41. The summed E-state index contributed by atoms with van der Waals surface area (Å²) in [6.07, 6.45) is -5.18. The molecule has 0 aliphatic carbocycles. The molecule has 0 unspecified atom stereocenters. The molecule has 0 aromatic heterocycles. The summed E-state index contributed by atoms with van der Waals surface area (Å²) in [5.74, 6) is -0.969. The van der Waals surface area contributed by atoms with Crippen molar-refractivity contribution in [1.82, 2.24) is 10.6 Å². The zero-order valence-electron chi connectivity index (χ0n) is 7.37. The summed E-state index contributed by atoms with van der Waals surface area (Å²) in [4.78, 5) is 10.6. The molecule has 6 heteroatoms. The minimum Gasteiger partial charge on any atom is -0.356 e. The van der Waals surface area contributed by atoms with E-state index in [2.05, 4.69) is 10.6 Å². The summed E-state index contributed by atoms with van der Waals surface area (Å²) >= 11 is 0. The third-order valence-corrected chi connectivity index (χ3v) is 1.29. The predicted octanol–water partition coefficient (Wildman–Crippen LogP) is 0.664. The van der Waals surface area contributed by atoms with Gasteiger partial charge < -0.3 is 10.6 Å². The van der Waals surface area contributed by atoms with Gasteiger partial charge in [0.1, 0.15) is 6.42 Å². The van der Waals surface area contributed by atoms with Crippen LogP contribution in [0, 0.1) is 0 Å². The number of rotatable bonds is 5. The van der Waals surface area contributed by atoms with Crippen molar-refractivity contribution in [2.45, 2.75) is 19.0 Å². The number of alkyl halides is 3. The van der Waals surface area contributed by atoms with Gasteiger partial charge in [-0.15, -0.1) is 0 Å². The lowest BCUT2D eigenvalue weighted by Crippen LogP contribution is -2.30. The van der Waals surface area contributed by atoms with Crippen LogP contribution < -0.4 is 10.6 Å². The Bertz CT molecular complexity index is 158. The van der Waals surface area contributed by atoms with Gasteiger partial charge in [-0.2, -0.15) is 13.2 Å². The second kappa shape index (κ2) is 5.80. The second-order valence-corrected chi connectivity index (χ2v) is 2.60. The van der Waals surface area contributed by atoms with E-state index in [1.54, 1.807) is 7.05 Å². The molecule has 0 radical (unpaired) electrons. The fourth-order valence-electron chi connectivity index (χ4n) is 0.738. The van der Waals surface area contributed by atoms with E-state index >= 15 is 0 Å². The number of nitrogens with one attached hydrogen (secondary N) is 2. The summed E-state index contributed by atoms with van der Waals surface area (Å²) in [5.41, 5.74) is 0. The Morgan fingerprint density at radius 3 is 2.38 bits per heavy atom. The maximum atomic E-state index is 11.6. The molecule has 0 aromatic rings. The Morgan fingerprint density at radius 1 is 1.31 bits per heavy atom. The van der Waals surface area contributed by atoms with Crippen LogP contribution in [-0.2, 0) is 4.79 Å². The molecule has 2 N–H and O–H groups in total. The van der Waals surface area contributed by atoms with Gasteiger partial charge in [-0.25, -0.2) is 0 Å². The van der Waals surface area contributed by atoms with Gasteiger partial charge in [-0.05, 0) is 20.0 Å². The van der Waals surface area contributed by atoms with Crippen LogP contribution in [0.1, 0.15) is 12.8 Å². The van der Waals surface area contributed by atoms with Gasteiger partial charge in [0.15, 0.2) is 0 Å². The van der Waals surface area contributed by atoms with Crippen LogP contribution in [0.25, 0.3) is 0 Å². The Hall–Kier alpha value is -0.780. The molecule has 0 heterocycles. The number of hydrogen-bond donors (Lipinski definition) is 2. The molecule has 0 aromatic carbocycles. The topological polar surface area (TPSA) is 41.1 Å². The van der Waals surface area contributed by atoms with Crippen molar-refractivity contribution in [3.8, 4) is 0 Å². The van der Waals surface area contributed by atoms with Crippen LogP contribution in [0.3, 0.4) is 0 Å². The first-order valence-electron chi connectivity index (χ1n) is 3.94. The smallest absolute Gasteiger partial charge is 0.356 e. The zero-order chi connectivity index (χ0) is 10.3. The third-order valence-electron chi connectivity index (χ3n) is 1.29. The van der Waals surface area contributed by atoms with Crippen LogP contribution >= 0.6 is 0 Å². The van der Waals surface area contributed by atoms with Gasteiger partial charge in [-0.3, -0.25) is 4.79 Å². The first-order chi connectivity index (χ1) is 5.95. The van der Waals surface area contributed by atoms with Crippen molar-refractivity contribution in [2.24, 2.45) is 0 Å². The first kappa shape index (κ1) is 12.2. The van der Waals surface area contributed by atoms with E-state index in [1.165, 1.54) is 0 Å². The summed E-state index contributed by atoms with van der Waals surface area (Å²) in [6.45, 7) is 0.946.